The van der Waals surface area contributed by atoms with Crippen molar-refractivity contribution >= 4 is 27.6 Å². The van der Waals surface area contributed by atoms with Gasteiger partial charge in [-0.25, -0.2) is 9.41 Å². The summed E-state index contributed by atoms with van der Waals surface area (Å²) in [6.45, 7) is 12.2. The largest absolute Gasteiger partial charge is 0.455 e. The molecule has 0 aliphatic heterocycles. The number of nitrogens with zero attached hydrogens (tertiary/aromatic N) is 2. The zero-order valence-corrected chi connectivity index (χ0v) is 18.0. The maximum atomic E-state index is 7.87. The standard InChI is InChI=1S/C27H27N2O/c1-17-13-14-20-21-16-22(28-3)25(19-10-6-5-7-11-19)18(2)26(21)30-27(20)24(17)23-12-8-9-15-29(23)4/h8-9,12-16,19H,5-7,10-11H2,1-2,4H3/q+1. The minimum absolute atomic E-state index is 0.480. The van der Waals surface area contributed by atoms with Gasteiger partial charge < -0.3 is 4.42 Å². The summed E-state index contributed by atoms with van der Waals surface area (Å²) in [5, 5.41) is 2.16. The van der Waals surface area contributed by atoms with Gasteiger partial charge in [-0.3, -0.25) is 0 Å². The van der Waals surface area contributed by atoms with Gasteiger partial charge in [-0.05, 0) is 61.4 Å². The SMILES string of the molecule is [C-]#[N+]c1cc2c(oc3c(-c4cccc[n+]4C)c(C)ccc32)c(C)c1C1CCCCC1. The Morgan fingerprint density at radius 1 is 1.00 bits per heavy atom. The van der Waals surface area contributed by atoms with Crippen molar-refractivity contribution in [2.24, 2.45) is 7.05 Å². The van der Waals surface area contributed by atoms with Gasteiger partial charge >= 0.3 is 0 Å². The van der Waals surface area contributed by atoms with E-state index in [0.717, 1.165) is 44.4 Å². The van der Waals surface area contributed by atoms with Gasteiger partial charge in [0.2, 0.25) is 5.69 Å². The fraction of sp³-hybridized carbons (Fsp3) is 0.333. The first-order valence-electron chi connectivity index (χ1n) is 10.9. The summed E-state index contributed by atoms with van der Waals surface area (Å²) in [4.78, 5) is 3.96. The topological polar surface area (TPSA) is 21.4 Å². The van der Waals surface area contributed by atoms with Crippen molar-refractivity contribution in [3.8, 4) is 11.3 Å². The quantitative estimate of drug-likeness (QED) is 0.258. The fourth-order valence-electron chi connectivity index (χ4n) is 5.33. The van der Waals surface area contributed by atoms with Crippen molar-refractivity contribution in [2.45, 2.75) is 51.9 Å². The molecule has 0 amide bonds. The predicted octanol–water partition coefficient (Wildman–Crippen LogP) is 7.29. The monoisotopic (exact) mass is 395 g/mol. The number of hydrogen-bond donors (Lipinski definition) is 0. The number of aromatic nitrogens is 1. The van der Waals surface area contributed by atoms with E-state index in [-0.39, 0.29) is 0 Å². The van der Waals surface area contributed by atoms with Crippen molar-refractivity contribution < 1.29 is 8.98 Å². The van der Waals surface area contributed by atoms with Crippen LogP contribution in [-0.4, -0.2) is 0 Å². The number of benzene rings is 2. The third-order valence-electron chi connectivity index (χ3n) is 6.85. The van der Waals surface area contributed by atoms with E-state index in [4.69, 9.17) is 11.0 Å². The van der Waals surface area contributed by atoms with E-state index in [1.165, 1.54) is 43.2 Å². The predicted molar refractivity (Wildman–Crippen MR) is 122 cm³/mol. The summed E-state index contributed by atoms with van der Waals surface area (Å²) in [6, 6.07) is 12.6. The zero-order chi connectivity index (χ0) is 20.8. The van der Waals surface area contributed by atoms with E-state index >= 15 is 0 Å². The van der Waals surface area contributed by atoms with Crippen LogP contribution < -0.4 is 4.57 Å². The molecule has 1 aliphatic rings. The van der Waals surface area contributed by atoms with E-state index in [1.54, 1.807) is 0 Å². The Bertz CT molecular complexity index is 1320. The second-order valence-corrected chi connectivity index (χ2v) is 8.69. The maximum Gasteiger partial charge on any atom is 0.216 e. The van der Waals surface area contributed by atoms with Gasteiger partial charge in [-0.15, -0.1) is 0 Å². The highest BCUT2D eigenvalue weighted by Crippen LogP contribution is 2.46. The van der Waals surface area contributed by atoms with Crippen LogP contribution in [0.5, 0.6) is 0 Å². The van der Waals surface area contributed by atoms with Gasteiger partial charge in [-0.2, -0.15) is 0 Å². The Balaban J connectivity index is 1.84. The molecule has 0 saturated heterocycles. The highest BCUT2D eigenvalue weighted by molar-refractivity contribution is 6.11. The van der Waals surface area contributed by atoms with E-state index in [2.05, 4.69) is 66.8 Å². The van der Waals surface area contributed by atoms with Crippen molar-refractivity contribution in [3.05, 3.63) is 70.7 Å². The van der Waals surface area contributed by atoms with Crippen LogP contribution in [0.2, 0.25) is 0 Å². The van der Waals surface area contributed by atoms with Gasteiger partial charge in [0.1, 0.15) is 18.2 Å². The molecule has 0 radical (unpaired) electrons. The summed E-state index contributed by atoms with van der Waals surface area (Å²) in [5.74, 6) is 0.480. The number of fused-ring (bicyclic) bond motifs is 3. The van der Waals surface area contributed by atoms with Crippen molar-refractivity contribution in [1.29, 1.82) is 0 Å². The lowest BCUT2D eigenvalue weighted by Crippen LogP contribution is -2.30. The lowest BCUT2D eigenvalue weighted by atomic mass is 9.81. The molecule has 30 heavy (non-hydrogen) atoms. The van der Waals surface area contributed by atoms with Crippen LogP contribution in [0.4, 0.5) is 5.69 Å². The molecule has 4 aromatic rings. The van der Waals surface area contributed by atoms with Crippen molar-refractivity contribution in [2.75, 3.05) is 0 Å². The molecule has 0 bridgehead atoms. The maximum absolute atomic E-state index is 7.87. The van der Waals surface area contributed by atoms with E-state index in [9.17, 15) is 0 Å². The van der Waals surface area contributed by atoms with E-state index in [1.807, 2.05) is 6.07 Å². The Morgan fingerprint density at radius 3 is 2.53 bits per heavy atom. The molecular formula is C27H27N2O+. The molecule has 0 spiro atoms. The third kappa shape index (κ3) is 2.82. The molecule has 0 atom stereocenters. The molecule has 2 aromatic carbocycles. The van der Waals surface area contributed by atoms with Crippen LogP contribution in [0.1, 0.15) is 54.7 Å². The molecule has 2 aromatic heterocycles. The van der Waals surface area contributed by atoms with Crippen LogP contribution in [0, 0.1) is 20.4 Å². The minimum Gasteiger partial charge on any atom is -0.455 e. The Kier molecular flexibility index (Phi) is 4.59. The second kappa shape index (κ2) is 7.29. The summed E-state index contributed by atoms with van der Waals surface area (Å²) in [7, 11) is 2.07. The summed E-state index contributed by atoms with van der Waals surface area (Å²) in [6.07, 6.45) is 8.26. The summed E-state index contributed by atoms with van der Waals surface area (Å²) in [5.41, 5.74) is 8.52. The number of pyridine rings is 1. The Morgan fingerprint density at radius 2 is 1.80 bits per heavy atom. The van der Waals surface area contributed by atoms with Crippen molar-refractivity contribution in [1.82, 2.24) is 0 Å². The lowest BCUT2D eigenvalue weighted by Gasteiger charge is -2.24. The van der Waals surface area contributed by atoms with Gasteiger partial charge in [0.05, 0.1) is 12.1 Å². The normalized spacial score (nSPS) is 15.0. The van der Waals surface area contributed by atoms with E-state index < -0.39 is 0 Å². The van der Waals surface area contributed by atoms with Gasteiger partial charge in [0, 0.05) is 22.9 Å². The molecule has 1 fully saturated rings. The van der Waals surface area contributed by atoms with Crippen LogP contribution >= 0.6 is 0 Å². The lowest BCUT2D eigenvalue weighted by molar-refractivity contribution is -0.660. The number of hydrogen-bond acceptors (Lipinski definition) is 1. The summed E-state index contributed by atoms with van der Waals surface area (Å²) < 4.78 is 8.76. The average Bonchev–Trinajstić information content (AvgIpc) is 3.14. The second-order valence-electron chi connectivity index (χ2n) is 8.69. The number of furan rings is 1. The first-order chi connectivity index (χ1) is 14.6. The zero-order valence-electron chi connectivity index (χ0n) is 18.0. The van der Waals surface area contributed by atoms with E-state index in [0.29, 0.717) is 5.92 Å². The van der Waals surface area contributed by atoms with Crippen LogP contribution in [0.3, 0.4) is 0 Å². The van der Waals surface area contributed by atoms with Crippen LogP contribution in [-0.2, 0) is 7.05 Å². The van der Waals surface area contributed by atoms with Crippen LogP contribution in [0.25, 0.3) is 38.0 Å². The molecule has 1 saturated carbocycles. The Hall–Kier alpha value is -3.12. The molecule has 0 N–H and O–H groups in total. The molecule has 5 rings (SSSR count). The fourth-order valence-corrected chi connectivity index (χ4v) is 5.33. The molecule has 1 aliphatic carbocycles. The molecule has 2 heterocycles. The smallest absolute Gasteiger partial charge is 0.216 e. The van der Waals surface area contributed by atoms with Crippen LogP contribution in [0.15, 0.2) is 47.0 Å². The third-order valence-corrected chi connectivity index (χ3v) is 6.85. The Labute approximate surface area is 177 Å². The average molecular weight is 396 g/mol. The highest BCUT2D eigenvalue weighted by Gasteiger charge is 2.26. The molecule has 0 unspecified atom stereocenters. The molecule has 3 heteroatoms. The van der Waals surface area contributed by atoms with Gasteiger partial charge in [-0.1, -0.05) is 31.4 Å². The first-order valence-corrected chi connectivity index (χ1v) is 10.9. The van der Waals surface area contributed by atoms with Gasteiger partial charge in [0.15, 0.2) is 11.9 Å². The molecule has 3 nitrogen and oxygen atoms in total. The molecular weight excluding hydrogens is 368 g/mol. The molecule has 150 valence electrons. The summed E-state index contributed by atoms with van der Waals surface area (Å²) >= 11 is 0. The minimum atomic E-state index is 0.480. The van der Waals surface area contributed by atoms with Crippen molar-refractivity contribution in [3.63, 3.8) is 0 Å². The first kappa shape index (κ1) is 18.9. The highest BCUT2D eigenvalue weighted by atomic mass is 16.3. The number of aryl methyl sites for hydroxylation is 3. The number of rotatable bonds is 2. The van der Waals surface area contributed by atoms with Gasteiger partial charge in [0.25, 0.3) is 0 Å².